The molecule has 9 heteroatoms. The van der Waals surface area contributed by atoms with Crippen LogP contribution in [0, 0.1) is 0 Å². The Balaban J connectivity index is 1.46. The molecule has 0 fully saturated rings. The first-order valence-corrected chi connectivity index (χ1v) is 11.5. The Kier molecular flexibility index (Phi) is 7.37. The van der Waals surface area contributed by atoms with E-state index in [9.17, 15) is 9.59 Å². The van der Waals surface area contributed by atoms with Crippen molar-refractivity contribution in [3.63, 3.8) is 0 Å². The van der Waals surface area contributed by atoms with Crippen LogP contribution < -0.4 is 10.6 Å². The molecule has 2 aromatic carbocycles. The summed E-state index contributed by atoms with van der Waals surface area (Å²) in [7, 11) is 0. The molecule has 1 amide bonds. The molecule has 0 radical (unpaired) electrons. The molecule has 35 heavy (non-hydrogen) atoms. The van der Waals surface area contributed by atoms with Crippen molar-refractivity contribution in [1.82, 2.24) is 24.6 Å². The van der Waals surface area contributed by atoms with Gasteiger partial charge in [0, 0.05) is 42.3 Å². The molecule has 0 unspecified atom stereocenters. The van der Waals surface area contributed by atoms with Crippen LogP contribution in [0.3, 0.4) is 0 Å². The number of amides is 1. The number of carboxylic acids is 1. The molecule has 2 aromatic heterocycles. The van der Waals surface area contributed by atoms with E-state index < -0.39 is 5.97 Å². The minimum atomic E-state index is -0.967. The highest BCUT2D eigenvalue weighted by atomic mass is 16.4. The smallest absolute Gasteiger partial charge is 0.335 e. The summed E-state index contributed by atoms with van der Waals surface area (Å²) >= 11 is 0. The molecule has 4 aromatic rings. The van der Waals surface area contributed by atoms with Gasteiger partial charge in [0.1, 0.15) is 0 Å². The van der Waals surface area contributed by atoms with E-state index in [1.54, 1.807) is 48.8 Å². The van der Waals surface area contributed by atoms with E-state index in [0.717, 1.165) is 36.6 Å². The maximum atomic E-state index is 12.4. The van der Waals surface area contributed by atoms with Gasteiger partial charge in [-0.2, -0.15) is 0 Å². The standard InChI is InChI=1S/C26H28N6O3/c1-3-31(4-2)15-13-28-25(33)19-9-11-21(12-10-19)30-23-24-27-14-16-32(24)22(17-29-23)18-5-7-20(8-6-18)26(34)35/h5-12,14,16-17H,3-4,13,15H2,1-2H3,(H,28,33)(H,29,30)(H,34,35). The van der Waals surface area contributed by atoms with Crippen LogP contribution in [0.25, 0.3) is 16.9 Å². The zero-order valence-electron chi connectivity index (χ0n) is 19.7. The van der Waals surface area contributed by atoms with Crippen LogP contribution in [0.1, 0.15) is 34.6 Å². The Labute approximate surface area is 203 Å². The number of carbonyl (C=O) groups is 2. The van der Waals surface area contributed by atoms with Crippen molar-refractivity contribution in [2.75, 3.05) is 31.5 Å². The van der Waals surface area contributed by atoms with Crippen molar-refractivity contribution in [1.29, 1.82) is 0 Å². The lowest BCUT2D eigenvalue weighted by molar-refractivity contribution is 0.0696. The maximum Gasteiger partial charge on any atom is 0.335 e. The summed E-state index contributed by atoms with van der Waals surface area (Å²) in [4.78, 5) is 34.8. The Bertz CT molecular complexity index is 1310. The van der Waals surface area contributed by atoms with Crippen LogP contribution >= 0.6 is 0 Å². The molecule has 0 aliphatic rings. The van der Waals surface area contributed by atoms with E-state index in [1.165, 1.54) is 0 Å². The van der Waals surface area contributed by atoms with E-state index in [-0.39, 0.29) is 11.5 Å². The van der Waals surface area contributed by atoms with E-state index in [1.807, 2.05) is 22.7 Å². The highest BCUT2D eigenvalue weighted by Crippen LogP contribution is 2.25. The summed E-state index contributed by atoms with van der Waals surface area (Å²) in [6.45, 7) is 7.56. The molecule has 0 atom stereocenters. The molecular weight excluding hydrogens is 444 g/mol. The fourth-order valence-corrected chi connectivity index (χ4v) is 3.82. The molecule has 0 saturated carbocycles. The van der Waals surface area contributed by atoms with Gasteiger partial charge in [0.15, 0.2) is 11.5 Å². The first-order chi connectivity index (χ1) is 17.0. The van der Waals surface area contributed by atoms with Crippen molar-refractivity contribution < 1.29 is 14.7 Å². The number of carboxylic acid groups (broad SMARTS) is 1. The van der Waals surface area contributed by atoms with Gasteiger partial charge in [-0.1, -0.05) is 26.0 Å². The van der Waals surface area contributed by atoms with Gasteiger partial charge < -0.3 is 20.6 Å². The normalized spacial score (nSPS) is 11.1. The Hall–Kier alpha value is -4.24. The summed E-state index contributed by atoms with van der Waals surface area (Å²) in [5, 5.41) is 15.4. The number of likely N-dealkylation sites (N-methyl/N-ethyl adjacent to an activating group) is 1. The monoisotopic (exact) mass is 472 g/mol. The van der Waals surface area contributed by atoms with Gasteiger partial charge in [0.05, 0.1) is 17.5 Å². The van der Waals surface area contributed by atoms with E-state index >= 15 is 0 Å². The summed E-state index contributed by atoms with van der Waals surface area (Å²) < 4.78 is 1.89. The lowest BCUT2D eigenvalue weighted by Crippen LogP contribution is -2.34. The Morgan fingerprint density at radius 2 is 1.66 bits per heavy atom. The molecule has 9 nitrogen and oxygen atoms in total. The van der Waals surface area contributed by atoms with E-state index in [0.29, 0.717) is 23.6 Å². The largest absolute Gasteiger partial charge is 0.478 e. The minimum absolute atomic E-state index is 0.101. The number of imidazole rings is 1. The Morgan fingerprint density at radius 1 is 0.971 bits per heavy atom. The molecule has 0 spiro atoms. The van der Waals surface area contributed by atoms with Crippen molar-refractivity contribution in [3.05, 3.63) is 78.2 Å². The second kappa shape index (κ2) is 10.8. The third-order valence-corrected chi connectivity index (χ3v) is 5.87. The van der Waals surface area contributed by atoms with E-state index in [4.69, 9.17) is 5.11 Å². The number of benzene rings is 2. The third-order valence-electron chi connectivity index (χ3n) is 5.87. The summed E-state index contributed by atoms with van der Waals surface area (Å²) in [5.41, 5.74) is 3.84. The average Bonchev–Trinajstić information content (AvgIpc) is 3.38. The van der Waals surface area contributed by atoms with Crippen LogP contribution in [-0.2, 0) is 0 Å². The molecular formula is C26H28N6O3. The zero-order valence-corrected chi connectivity index (χ0v) is 19.7. The maximum absolute atomic E-state index is 12.4. The fourth-order valence-electron chi connectivity index (χ4n) is 3.82. The van der Waals surface area contributed by atoms with Crippen LogP contribution in [-0.4, -0.2) is 62.4 Å². The molecule has 2 heterocycles. The number of aromatic nitrogens is 3. The van der Waals surface area contributed by atoms with Gasteiger partial charge in [-0.25, -0.2) is 14.8 Å². The van der Waals surface area contributed by atoms with Crippen molar-refractivity contribution >= 4 is 29.0 Å². The third kappa shape index (κ3) is 5.47. The van der Waals surface area contributed by atoms with Crippen molar-refractivity contribution in [2.45, 2.75) is 13.8 Å². The highest BCUT2D eigenvalue weighted by Gasteiger charge is 2.12. The number of hydrogen-bond acceptors (Lipinski definition) is 6. The summed E-state index contributed by atoms with van der Waals surface area (Å²) in [6.07, 6.45) is 5.22. The first kappa shape index (κ1) is 23.9. The molecule has 0 aliphatic heterocycles. The predicted molar refractivity (Wildman–Crippen MR) is 135 cm³/mol. The molecule has 180 valence electrons. The van der Waals surface area contributed by atoms with Gasteiger partial charge in [0.2, 0.25) is 0 Å². The minimum Gasteiger partial charge on any atom is -0.478 e. The lowest BCUT2D eigenvalue weighted by Gasteiger charge is -2.18. The second-order valence-electron chi connectivity index (χ2n) is 7.98. The molecule has 0 bridgehead atoms. The Morgan fingerprint density at radius 3 is 2.31 bits per heavy atom. The van der Waals surface area contributed by atoms with Gasteiger partial charge in [-0.3, -0.25) is 9.20 Å². The number of hydrogen-bond donors (Lipinski definition) is 3. The van der Waals surface area contributed by atoms with E-state index in [2.05, 4.69) is 39.3 Å². The summed E-state index contributed by atoms with van der Waals surface area (Å²) in [6, 6.07) is 13.8. The molecule has 0 aliphatic carbocycles. The fraction of sp³-hybridized carbons (Fsp3) is 0.231. The number of nitrogens with zero attached hydrogens (tertiary/aromatic N) is 4. The van der Waals surface area contributed by atoms with Gasteiger partial charge in [0.25, 0.3) is 5.91 Å². The SMILES string of the molecule is CCN(CC)CCNC(=O)c1ccc(Nc2ncc(-c3ccc(C(=O)O)cc3)n3ccnc23)cc1. The van der Waals surface area contributed by atoms with Crippen LogP contribution in [0.15, 0.2) is 67.1 Å². The number of nitrogens with one attached hydrogen (secondary N) is 2. The number of carbonyl (C=O) groups excluding carboxylic acids is 1. The number of fused-ring (bicyclic) bond motifs is 1. The molecule has 3 N–H and O–H groups in total. The second-order valence-corrected chi connectivity index (χ2v) is 7.98. The molecule has 0 saturated heterocycles. The quantitative estimate of drug-likeness (QED) is 0.321. The molecule has 4 rings (SSSR count). The number of anilines is 2. The summed E-state index contributed by atoms with van der Waals surface area (Å²) in [5.74, 6) is -0.502. The van der Waals surface area contributed by atoms with Crippen molar-refractivity contribution in [2.24, 2.45) is 0 Å². The lowest BCUT2D eigenvalue weighted by atomic mass is 10.1. The predicted octanol–water partition coefficient (Wildman–Crippen LogP) is 3.91. The van der Waals surface area contributed by atoms with Crippen LogP contribution in [0.4, 0.5) is 11.5 Å². The van der Waals surface area contributed by atoms with Crippen LogP contribution in [0.5, 0.6) is 0 Å². The van der Waals surface area contributed by atoms with Gasteiger partial charge in [-0.15, -0.1) is 0 Å². The van der Waals surface area contributed by atoms with Gasteiger partial charge in [-0.05, 0) is 49.5 Å². The van der Waals surface area contributed by atoms with Gasteiger partial charge >= 0.3 is 5.97 Å². The number of aromatic carboxylic acids is 1. The first-order valence-electron chi connectivity index (χ1n) is 11.5. The highest BCUT2D eigenvalue weighted by molar-refractivity contribution is 5.94. The topological polar surface area (TPSA) is 112 Å². The average molecular weight is 473 g/mol. The zero-order chi connectivity index (χ0) is 24.8. The van der Waals surface area contributed by atoms with Crippen molar-refractivity contribution in [3.8, 4) is 11.3 Å². The number of rotatable bonds is 10. The van der Waals surface area contributed by atoms with Crippen LogP contribution in [0.2, 0.25) is 0 Å².